The number of hydrogen-bond donors (Lipinski definition) is 1. The number of nitrogen functional groups attached to an aromatic ring is 1. The first-order valence-corrected chi connectivity index (χ1v) is 7.31. The largest absolute Gasteiger partial charge is 0.383 e. The van der Waals surface area contributed by atoms with Gasteiger partial charge in [0.1, 0.15) is 11.6 Å². The molecule has 1 heterocycles. The van der Waals surface area contributed by atoms with E-state index in [0.29, 0.717) is 5.82 Å². The summed E-state index contributed by atoms with van der Waals surface area (Å²) >= 11 is 1.49. The minimum Gasteiger partial charge on any atom is -0.383 e. The molecule has 0 bridgehead atoms. The average molecular weight is 299 g/mol. The van der Waals surface area contributed by atoms with Gasteiger partial charge in [-0.15, -0.1) is 0 Å². The fourth-order valence-corrected chi connectivity index (χ4v) is 2.93. The van der Waals surface area contributed by atoms with Crippen molar-refractivity contribution in [2.45, 2.75) is 16.7 Å². The Hall–Kier alpha value is -2.27. The molecule has 0 aliphatic heterocycles. The van der Waals surface area contributed by atoms with E-state index < -0.39 is 0 Å². The van der Waals surface area contributed by atoms with Gasteiger partial charge in [-0.25, -0.2) is 9.07 Å². The minimum atomic E-state index is -0.246. The number of para-hydroxylation sites is 1. The van der Waals surface area contributed by atoms with Gasteiger partial charge < -0.3 is 5.73 Å². The molecule has 0 radical (unpaired) electrons. The summed E-state index contributed by atoms with van der Waals surface area (Å²) in [6, 6.07) is 16.1. The van der Waals surface area contributed by atoms with E-state index in [1.807, 2.05) is 37.3 Å². The lowest BCUT2D eigenvalue weighted by Gasteiger charge is -2.05. The van der Waals surface area contributed by atoms with Gasteiger partial charge in [0.25, 0.3) is 0 Å². The molecule has 3 aromatic rings. The summed E-state index contributed by atoms with van der Waals surface area (Å²) in [5.74, 6) is 0.344. The molecule has 0 atom stereocenters. The Morgan fingerprint density at radius 2 is 1.71 bits per heavy atom. The number of rotatable bonds is 3. The maximum absolute atomic E-state index is 13.0. The highest BCUT2D eigenvalue weighted by atomic mass is 32.2. The van der Waals surface area contributed by atoms with Crippen LogP contribution >= 0.6 is 11.8 Å². The van der Waals surface area contributed by atoms with E-state index >= 15 is 0 Å². The minimum absolute atomic E-state index is 0.246. The smallest absolute Gasteiger partial charge is 0.141 e. The topological polar surface area (TPSA) is 43.8 Å². The van der Waals surface area contributed by atoms with E-state index in [1.54, 1.807) is 16.8 Å². The van der Waals surface area contributed by atoms with E-state index in [1.165, 1.54) is 23.9 Å². The zero-order chi connectivity index (χ0) is 14.8. The van der Waals surface area contributed by atoms with Crippen LogP contribution < -0.4 is 5.73 Å². The van der Waals surface area contributed by atoms with Crippen LogP contribution in [0.15, 0.2) is 64.4 Å². The molecule has 0 aliphatic rings. The highest BCUT2D eigenvalue weighted by Gasteiger charge is 2.14. The third-order valence-electron chi connectivity index (χ3n) is 3.07. The van der Waals surface area contributed by atoms with Crippen LogP contribution in [0.4, 0.5) is 10.2 Å². The monoisotopic (exact) mass is 299 g/mol. The highest BCUT2D eigenvalue weighted by Crippen LogP contribution is 2.35. The normalized spacial score (nSPS) is 10.8. The van der Waals surface area contributed by atoms with Crippen LogP contribution in [0.2, 0.25) is 0 Å². The first kappa shape index (κ1) is 13.7. The zero-order valence-corrected chi connectivity index (χ0v) is 12.3. The van der Waals surface area contributed by atoms with E-state index in [4.69, 9.17) is 5.73 Å². The molecule has 0 unspecified atom stereocenters. The Kier molecular flexibility index (Phi) is 3.66. The number of nitrogens with zero attached hydrogens (tertiary/aromatic N) is 2. The number of aryl methyl sites for hydroxylation is 1. The lowest BCUT2D eigenvalue weighted by atomic mass is 10.3. The summed E-state index contributed by atoms with van der Waals surface area (Å²) in [5, 5.41) is 4.49. The Balaban J connectivity index is 1.97. The molecule has 0 saturated heterocycles. The van der Waals surface area contributed by atoms with E-state index in [2.05, 4.69) is 5.10 Å². The van der Waals surface area contributed by atoms with Gasteiger partial charge in [0.15, 0.2) is 0 Å². The summed E-state index contributed by atoms with van der Waals surface area (Å²) in [5.41, 5.74) is 7.99. The van der Waals surface area contributed by atoms with Gasteiger partial charge in [-0.3, -0.25) is 0 Å². The van der Waals surface area contributed by atoms with Gasteiger partial charge in [-0.1, -0.05) is 30.0 Å². The molecule has 0 saturated carbocycles. The predicted molar refractivity (Wildman–Crippen MR) is 83.2 cm³/mol. The second-order valence-corrected chi connectivity index (χ2v) is 5.69. The maximum Gasteiger partial charge on any atom is 0.141 e. The lowest BCUT2D eigenvalue weighted by Crippen LogP contribution is -2.01. The molecule has 3 rings (SSSR count). The molecule has 106 valence electrons. The van der Waals surface area contributed by atoms with Gasteiger partial charge in [0, 0.05) is 4.90 Å². The first-order valence-electron chi connectivity index (χ1n) is 6.49. The second-order valence-electron chi connectivity index (χ2n) is 4.60. The van der Waals surface area contributed by atoms with Crippen molar-refractivity contribution >= 4 is 17.6 Å². The van der Waals surface area contributed by atoms with Gasteiger partial charge in [0.05, 0.1) is 16.3 Å². The number of aromatic nitrogens is 2. The average Bonchev–Trinajstić information content (AvgIpc) is 2.78. The van der Waals surface area contributed by atoms with E-state index in [9.17, 15) is 4.39 Å². The maximum atomic E-state index is 13.0. The molecular weight excluding hydrogens is 285 g/mol. The first-order chi connectivity index (χ1) is 10.1. The Morgan fingerprint density at radius 3 is 2.38 bits per heavy atom. The molecular formula is C16H14FN3S. The molecule has 2 N–H and O–H groups in total. The van der Waals surface area contributed by atoms with Crippen molar-refractivity contribution in [2.24, 2.45) is 0 Å². The van der Waals surface area contributed by atoms with E-state index in [0.717, 1.165) is 21.2 Å². The zero-order valence-electron chi connectivity index (χ0n) is 11.5. The van der Waals surface area contributed by atoms with Crippen molar-refractivity contribution in [3.63, 3.8) is 0 Å². The molecule has 0 fully saturated rings. The van der Waals surface area contributed by atoms with E-state index in [-0.39, 0.29) is 5.82 Å². The van der Waals surface area contributed by atoms with Gasteiger partial charge in [0.2, 0.25) is 0 Å². The molecule has 5 heteroatoms. The second kappa shape index (κ2) is 5.61. The quantitative estimate of drug-likeness (QED) is 0.793. The van der Waals surface area contributed by atoms with Crippen LogP contribution in [0.1, 0.15) is 5.69 Å². The molecule has 0 spiro atoms. The molecule has 0 amide bonds. The highest BCUT2D eigenvalue weighted by molar-refractivity contribution is 7.99. The summed E-state index contributed by atoms with van der Waals surface area (Å²) in [4.78, 5) is 1.82. The van der Waals surface area contributed by atoms with Crippen LogP contribution in [-0.4, -0.2) is 9.78 Å². The molecule has 0 aliphatic carbocycles. The van der Waals surface area contributed by atoms with Crippen molar-refractivity contribution in [2.75, 3.05) is 5.73 Å². The number of halogens is 1. The van der Waals surface area contributed by atoms with Crippen molar-refractivity contribution in [1.82, 2.24) is 9.78 Å². The predicted octanol–water partition coefficient (Wildman–Crippen LogP) is 4.05. The van der Waals surface area contributed by atoms with Crippen LogP contribution in [0.3, 0.4) is 0 Å². The van der Waals surface area contributed by atoms with Gasteiger partial charge in [-0.05, 0) is 43.3 Å². The summed E-state index contributed by atoms with van der Waals surface area (Å²) in [7, 11) is 0. The van der Waals surface area contributed by atoms with Crippen molar-refractivity contribution in [3.8, 4) is 5.69 Å². The molecule has 21 heavy (non-hydrogen) atoms. The van der Waals surface area contributed by atoms with Gasteiger partial charge >= 0.3 is 0 Å². The Bertz CT molecular complexity index is 751. The Morgan fingerprint density at radius 1 is 1.05 bits per heavy atom. The number of nitrogens with two attached hydrogens (primary N) is 1. The lowest BCUT2D eigenvalue weighted by molar-refractivity contribution is 0.626. The molecule has 1 aromatic heterocycles. The number of hydrogen-bond acceptors (Lipinski definition) is 3. The van der Waals surface area contributed by atoms with Crippen molar-refractivity contribution < 1.29 is 4.39 Å². The Labute approximate surface area is 126 Å². The summed E-state index contributed by atoms with van der Waals surface area (Å²) in [6.07, 6.45) is 0. The fourth-order valence-electron chi connectivity index (χ4n) is 2.04. The van der Waals surface area contributed by atoms with Crippen LogP contribution in [0.25, 0.3) is 5.69 Å². The standard InChI is InChI=1S/C16H14FN3S/c1-11-15(21-14-9-7-12(17)8-10-14)16(18)20(19-11)13-5-3-2-4-6-13/h2-10H,18H2,1H3. The SMILES string of the molecule is Cc1nn(-c2ccccc2)c(N)c1Sc1ccc(F)cc1. The third kappa shape index (κ3) is 2.78. The fraction of sp³-hybridized carbons (Fsp3) is 0.0625. The van der Waals surface area contributed by atoms with Crippen molar-refractivity contribution in [3.05, 3.63) is 66.1 Å². The number of benzene rings is 2. The van der Waals surface area contributed by atoms with Crippen LogP contribution in [0.5, 0.6) is 0 Å². The van der Waals surface area contributed by atoms with Gasteiger partial charge in [-0.2, -0.15) is 5.10 Å². The van der Waals surface area contributed by atoms with Crippen LogP contribution in [0, 0.1) is 12.7 Å². The molecule has 3 nitrogen and oxygen atoms in total. The summed E-state index contributed by atoms with van der Waals surface area (Å²) in [6.45, 7) is 1.92. The third-order valence-corrected chi connectivity index (χ3v) is 4.29. The van der Waals surface area contributed by atoms with Crippen LogP contribution in [-0.2, 0) is 0 Å². The number of anilines is 1. The summed E-state index contributed by atoms with van der Waals surface area (Å²) < 4.78 is 14.7. The van der Waals surface area contributed by atoms with Crippen molar-refractivity contribution in [1.29, 1.82) is 0 Å². The molecule has 2 aromatic carbocycles.